The Labute approximate surface area is 621 Å². The van der Waals surface area contributed by atoms with Crippen LogP contribution in [0, 0.1) is 0 Å². The van der Waals surface area contributed by atoms with Crippen molar-refractivity contribution < 1.29 is 18.6 Å². The Morgan fingerprint density at radius 2 is 0.692 bits per heavy atom. The van der Waals surface area contributed by atoms with Crippen molar-refractivity contribution in [2.75, 3.05) is 9.80 Å². The Bertz CT molecular complexity index is 5560. The number of benzene rings is 14. The molecule has 10 heteroatoms. The van der Waals surface area contributed by atoms with Gasteiger partial charge in [-0.25, -0.2) is 0 Å². The number of anilines is 6. The number of fused-ring (bicyclic) bond motifs is 4. The summed E-state index contributed by atoms with van der Waals surface area (Å²) in [6.45, 7) is 16.8. The first-order chi connectivity index (χ1) is 50.4. The maximum absolute atomic E-state index is 6.53. The van der Waals surface area contributed by atoms with Crippen LogP contribution in [-0.4, -0.2) is 36.6 Å². The van der Waals surface area contributed by atoms with Gasteiger partial charge in [0.05, 0.1) is 22.4 Å². The van der Waals surface area contributed by atoms with Crippen molar-refractivity contribution in [2.24, 2.45) is 0 Å². The molecule has 0 amide bonds. The number of rotatable bonds is 14. The van der Waals surface area contributed by atoms with E-state index in [0.717, 1.165) is 88.9 Å². The fraction of sp³-hybridized carbons (Fsp3) is 0.128. The molecule has 0 unspecified atom stereocenters. The molecular formula is C94H80B2N2O4S2. The molecule has 15 aromatic rings. The number of para-hydroxylation sites is 3. The highest BCUT2D eigenvalue weighted by Crippen LogP contribution is 2.48. The minimum absolute atomic E-state index is 0.394. The normalized spacial score (nSPS) is 14.9. The molecule has 1 aromatic heterocycles. The Morgan fingerprint density at radius 3 is 1.31 bits per heavy atom. The molecule has 0 atom stereocenters. The summed E-state index contributed by atoms with van der Waals surface area (Å²) in [5.74, 6) is 0. The minimum Gasteiger partial charge on any atom is -0.399 e. The summed E-state index contributed by atoms with van der Waals surface area (Å²) in [7, 11) is -0.854. The standard InChI is InChI=1S/C52H42BNO2S.C42H38BNO2S/c1-51(2)52(3,4)56-53(55-51)40-30-39-18-11-12-23-44(39)46(32-40)36-26-28-37(29-27-36)47-33-43(34-48-45-24-13-14-25-49(45)57-50(47)48)54(41-20-9-6-10-21-41)42-22-15-19-38(31-42)35-16-7-5-8-17-35;1-41(2)42(3,4)46-43(45-41)35-18-14-17-32(27-35)30-15-13-16-31(25-30)33-26-34(39-23-11-12-24-40(39)47)29-38(28-33)44(36-19-7-5-8-20-36)37-21-9-6-10-22-37/h5-34H,1-4H3;5-29,47H,1-4H3. The van der Waals surface area contributed by atoms with Gasteiger partial charge in [-0.2, -0.15) is 0 Å². The topological polar surface area (TPSA) is 43.4 Å². The number of hydrogen-bond acceptors (Lipinski definition) is 8. The van der Waals surface area contributed by atoms with Gasteiger partial charge in [0.25, 0.3) is 0 Å². The van der Waals surface area contributed by atoms with Crippen molar-refractivity contribution in [3.05, 3.63) is 334 Å². The molecule has 2 fully saturated rings. The second-order valence-electron chi connectivity index (χ2n) is 29.1. The van der Waals surface area contributed by atoms with E-state index < -0.39 is 36.6 Å². The van der Waals surface area contributed by atoms with E-state index in [0.29, 0.717) is 0 Å². The lowest BCUT2D eigenvalue weighted by molar-refractivity contribution is 0.00578. The average molecular weight is 1390 g/mol. The van der Waals surface area contributed by atoms with Crippen molar-refractivity contribution in [3.63, 3.8) is 0 Å². The molecule has 14 aromatic carbocycles. The largest absolute Gasteiger partial charge is 0.494 e. The highest BCUT2D eigenvalue weighted by molar-refractivity contribution is 7.80. The fourth-order valence-corrected chi connectivity index (χ4v) is 15.8. The zero-order chi connectivity index (χ0) is 71.3. The third-order valence-electron chi connectivity index (χ3n) is 21.2. The van der Waals surface area contributed by atoms with Crippen LogP contribution in [0.25, 0.3) is 97.7 Å². The fourth-order valence-electron chi connectivity index (χ4n) is 14.3. The highest BCUT2D eigenvalue weighted by Gasteiger charge is 2.53. The van der Waals surface area contributed by atoms with Crippen LogP contribution >= 0.6 is 24.0 Å². The molecule has 508 valence electrons. The molecule has 0 saturated carbocycles. The first-order valence-corrected chi connectivity index (χ1v) is 37.0. The summed E-state index contributed by atoms with van der Waals surface area (Å²) in [4.78, 5) is 5.64. The molecule has 0 aliphatic carbocycles. The molecule has 2 saturated heterocycles. The molecule has 6 nitrogen and oxygen atoms in total. The van der Waals surface area contributed by atoms with Gasteiger partial charge in [0.1, 0.15) is 0 Å². The third kappa shape index (κ3) is 13.4. The van der Waals surface area contributed by atoms with Gasteiger partial charge in [-0.1, -0.05) is 237 Å². The summed E-state index contributed by atoms with van der Waals surface area (Å²) in [6.07, 6.45) is 0. The predicted molar refractivity (Wildman–Crippen MR) is 444 cm³/mol. The monoisotopic (exact) mass is 1390 g/mol. The van der Waals surface area contributed by atoms with Crippen LogP contribution < -0.4 is 20.7 Å². The van der Waals surface area contributed by atoms with E-state index in [4.69, 9.17) is 31.2 Å². The lowest BCUT2D eigenvalue weighted by Gasteiger charge is -2.32. The van der Waals surface area contributed by atoms with Gasteiger partial charge in [0.15, 0.2) is 0 Å². The molecular weight excluding hydrogens is 1310 g/mol. The third-order valence-corrected chi connectivity index (χ3v) is 22.8. The highest BCUT2D eigenvalue weighted by atomic mass is 32.1. The first kappa shape index (κ1) is 67.9. The number of hydrogen-bond donors (Lipinski definition) is 1. The van der Waals surface area contributed by atoms with Crippen molar-refractivity contribution >= 4 is 114 Å². The second-order valence-corrected chi connectivity index (χ2v) is 30.6. The molecule has 104 heavy (non-hydrogen) atoms. The second kappa shape index (κ2) is 27.9. The van der Waals surface area contributed by atoms with Gasteiger partial charge in [-0.3, -0.25) is 0 Å². The molecule has 2 aliphatic rings. The summed E-state index contributed by atoms with van der Waals surface area (Å²) in [6, 6.07) is 119. The van der Waals surface area contributed by atoms with E-state index in [9.17, 15) is 0 Å². The predicted octanol–water partition coefficient (Wildman–Crippen LogP) is 24.7. The van der Waals surface area contributed by atoms with Crippen molar-refractivity contribution in [1.82, 2.24) is 0 Å². The molecule has 0 N–H and O–H groups in total. The van der Waals surface area contributed by atoms with Crippen LogP contribution in [0.15, 0.2) is 339 Å². The Balaban J connectivity index is 0.000000163. The van der Waals surface area contributed by atoms with Crippen molar-refractivity contribution in [3.8, 4) is 66.8 Å². The number of thiophene rings is 1. The lowest BCUT2D eigenvalue weighted by atomic mass is 9.76. The summed E-state index contributed by atoms with van der Waals surface area (Å²) >= 11 is 6.72. The Morgan fingerprint density at radius 1 is 0.269 bits per heavy atom. The van der Waals surface area contributed by atoms with E-state index in [-0.39, 0.29) is 0 Å². The zero-order valence-electron chi connectivity index (χ0n) is 59.8. The number of thiol groups is 1. The Kier molecular flexibility index (Phi) is 18.2. The molecule has 0 spiro atoms. The van der Waals surface area contributed by atoms with Crippen LogP contribution in [0.5, 0.6) is 0 Å². The van der Waals surface area contributed by atoms with Gasteiger partial charge in [0, 0.05) is 64.8 Å². The zero-order valence-corrected chi connectivity index (χ0v) is 61.5. The molecule has 17 rings (SSSR count). The van der Waals surface area contributed by atoms with E-state index in [1.807, 2.05) is 23.5 Å². The first-order valence-electron chi connectivity index (χ1n) is 35.8. The van der Waals surface area contributed by atoms with Gasteiger partial charge >= 0.3 is 14.2 Å². The minimum atomic E-state index is -0.442. The van der Waals surface area contributed by atoms with Crippen molar-refractivity contribution in [1.29, 1.82) is 0 Å². The van der Waals surface area contributed by atoms with Gasteiger partial charge in [-0.05, 0) is 235 Å². The SMILES string of the molecule is CC1(C)OB(c2cc(-c3ccc(-c4cc(N(c5ccccc5)c5cccc(-c6ccccc6)c5)cc5c4sc4ccccc45)cc3)c3ccccc3c2)OC1(C)C.CC1(C)OB(c2cccc(-c3cccc(-c4cc(-c5ccccc5S)cc(N(c5ccccc5)c5ccccc5)c4)c3)c2)OC1(C)C. The van der Waals surface area contributed by atoms with E-state index in [1.54, 1.807) is 0 Å². The van der Waals surface area contributed by atoms with Gasteiger partial charge < -0.3 is 28.4 Å². The van der Waals surface area contributed by atoms with Crippen LogP contribution in [0.4, 0.5) is 34.1 Å². The molecule has 0 bridgehead atoms. The smallest absolute Gasteiger partial charge is 0.399 e. The lowest BCUT2D eigenvalue weighted by Crippen LogP contribution is -2.41. The van der Waals surface area contributed by atoms with Crippen LogP contribution in [-0.2, 0) is 18.6 Å². The van der Waals surface area contributed by atoms with Gasteiger partial charge in [0.2, 0.25) is 0 Å². The van der Waals surface area contributed by atoms with Crippen LogP contribution in [0.3, 0.4) is 0 Å². The van der Waals surface area contributed by atoms with Crippen LogP contribution in [0.1, 0.15) is 55.4 Å². The average Bonchev–Trinajstić information content (AvgIpc) is 1.53. The molecule has 2 aliphatic heterocycles. The van der Waals surface area contributed by atoms with Crippen molar-refractivity contribution in [2.45, 2.75) is 82.7 Å². The van der Waals surface area contributed by atoms with E-state index in [2.05, 4.69) is 387 Å². The Hall–Kier alpha value is -10.5. The van der Waals surface area contributed by atoms with Crippen LogP contribution in [0.2, 0.25) is 0 Å². The summed E-state index contributed by atoms with van der Waals surface area (Å²) < 4.78 is 28.4. The summed E-state index contributed by atoms with van der Waals surface area (Å²) in [5.41, 5.74) is 20.8. The maximum Gasteiger partial charge on any atom is 0.494 e. The maximum atomic E-state index is 6.53. The molecule has 0 radical (unpaired) electrons. The quantitative estimate of drug-likeness (QED) is 0.0865. The van der Waals surface area contributed by atoms with E-state index in [1.165, 1.54) is 58.8 Å². The van der Waals surface area contributed by atoms with E-state index >= 15 is 0 Å². The summed E-state index contributed by atoms with van der Waals surface area (Å²) in [5, 5.41) is 4.90. The number of nitrogens with zero attached hydrogens (tertiary/aromatic N) is 2. The van der Waals surface area contributed by atoms with Gasteiger partial charge in [-0.15, -0.1) is 24.0 Å². The molecule has 3 heterocycles.